The summed E-state index contributed by atoms with van der Waals surface area (Å²) >= 11 is 1.42. The van der Waals surface area contributed by atoms with Gasteiger partial charge in [-0.2, -0.15) is 0 Å². The summed E-state index contributed by atoms with van der Waals surface area (Å²) < 4.78 is 1.03. The summed E-state index contributed by atoms with van der Waals surface area (Å²) in [4.78, 5) is 13.0. The number of rotatable bonds is 3. The van der Waals surface area contributed by atoms with Crippen LogP contribution in [-0.4, -0.2) is 5.91 Å². The van der Waals surface area contributed by atoms with E-state index in [1.807, 2.05) is 48.5 Å². The molecule has 0 radical (unpaired) electrons. The third-order valence-electron chi connectivity index (χ3n) is 3.43. The molecule has 0 saturated carbocycles. The van der Waals surface area contributed by atoms with E-state index in [1.54, 1.807) is 0 Å². The molecule has 2 aromatic carbocycles. The molecule has 3 nitrogen and oxygen atoms in total. The highest BCUT2D eigenvalue weighted by atomic mass is 32.1. The number of hydrogen-bond acceptors (Lipinski definition) is 3. The van der Waals surface area contributed by atoms with Gasteiger partial charge in [-0.05, 0) is 30.2 Å². The molecule has 0 aliphatic carbocycles. The summed E-state index contributed by atoms with van der Waals surface area (Å²) in [5, 5.41) is 3.87. The molecule has 0 aliphatic rings. The Hall–Kier alpha value is -2.33. The first kappa shape index (κ1) is 13.6. The summed E-state index contributed by atoms with van der Waals surface area (Å²) in [6.07, 6.45) is 0.939. The SMILES string of the molecule is CCc1cccc(NC(=O)c2sc3ccccc3c2N)c1. The molecular formula is C17H16N2OS. The molecule has 106 valence electrons. The van der Waals surface area contributed by atoms with E-state index < -0.39 is 0 Å². The van der Waals surface area contributed by atoms with Crippen molar-refractivity contribution in [3.05, 3.63) is 59.0 Å². The van der Waals surface area contributed by atoms with Crippen molar-refractivity contribution < 1.29 is 4.79 Å². The topological polar surface area (TPSA) is 55.1 Å². The van der Waals surface area contributed by atoms with Gasteiger partial charge < -0.3 is 11.1 Å². The van der Waals surface area contributed by atoms with Crippen molar-refractivity contribution in [3.8, 4) is 0 Å². The molecule has 0 spiro atoms. The molecule has 4 heteroatoms. The van der Waals surface area contributed by atoms with Crippen LogP contribution in [0.5, 0.6) is 0 Å². The second kappa shape index (κ2) is 5.58. The Labute approximate surface area is 127 Å². The molecule has 0 atom stereocenters. The maximum atomic E-state index is 12.4. The van der Waals surface area contributed by atoms with Crippen LogP contribution in [0.25, 0.3) is 10.1 Å². The molecule has 0 aliphatic heterocycles. The molecule has 21 heavy (non-hydrogen) atoms. The van der Waals surface area contributed by atoms with E-state index in [1.165, 1.54) is 16.9 Å². The van der Waals surface area contributed by atoms with Gasteiger partial charge in [-0.25, -0.2) is 0 Å². The lowest BCUT2D eigenvalue weighted by atomic mass is 10.1. The Kier molecular flexibility index (Phi) is 3.62. The number of nitrogens with one attached hydrogen (secondary N) is 1. The predicted octanol–water partition coefficient (Wildman–Crippen LogP) is 4.30. The maximum Gasteiger partial charge on any atom is 0.267 e. The van der Waals surface area contributed by atoms with Crippen LogP contribution >= 0.6 is 11.3 Å². The first-order chi connectivity index (χ1) is 10.2. The second-order valence-corrected chi connectivity index (χ2v) is 5.90. The Balaban J connectivity index is 1.91. The zero-order valence-electron chi connectivity index (χ0n) is 11.7. The molecule has 1 heterocycles. The largest absolute Gasteiger partial charge is 0.397 e. The molecule has 3 aromatic rings. The third-order valence-corrected chi connectivity index (χ3v) is 4.62. The number of carbonyl (C=O) groups excluding carboxylic acids is 1. The maximum absolute atomic E-state index is 12.4. The van der Waals surface area contributed by atoms with Crippen LogP contribution in [0.4, 0.5) is 11.4 Å². The van der Waals surface area contributed by atoms with Crippen molar-refractivity contribution >= 4 is 38.7 Å². The number of carbonyl (C=O) groups is 1. The van der Waals surface area contributed by atoms with Gasteiger partial charge in [-0.15, -0.1) is 11.3 Å². The second-order valence-electron chi connectivity index (χ2n) is 4.85. The van der Waals surface area contributed by atoms with Crippen molar-refractivity contribution in [2.24, 2.45) is 0 Å². The van der Waals surface area contributed by atoms with E-state index in [2.05, 4.69) is 12.2 Å². The van der Waals surface area contributed by atoms with Crippen LogP contribution in [0.3, 0.4) is 0 Å². The Morgan fingerprint density at radius 3 is 2.76 bits per heavy atom. The van der Waals surface area contributed by atoms with Crippen molar-refractivity contribution in [1.29, 1.82) is 0 Å². The molecule has 0 unspecified atom stereocenters. The number of hydrogen-bond donors (Lipinski definition) is 2. The molecule has 3 rings (SSSR count). The van der Waals surface area contributed by atoms with Crippen LogP contribution in [0.1, 0.15) is 22.2 Å². The van der Waals surface area contributed by atoms with Gasteiger partial charge in [0, 0.05) is 15.8 Å². The van der Waals surface area contributed by atoms with Gasteiger partial charge in [0.1, 0.15) is 4.88 Å². The number of fused-ring (bicyclic) bond motifs is 1. The molecular weight excluding hydrogens is 280 g/mol. The van der Waals surface area contributed by atoms with Gasteiger partial charge in [0.15, 0.2) is 0 Å². The summed E-state index contributed by atoms with van der Waals surface area (Å²) in [5.74, 6) is -0.151. The number of benzene rings is 2. The minimum atomic E-state index is -0.151. The summed E-state index contributed by atoms with van der Waals surface area (Å²) in [5.41, 5.74) is 8.65. The van der Waals surface area contributed by atoms with Gasteiger partial charge in [0.2, 0.25) is 0 Å². The van der Waals surface area contributed by atoms with Crippen LogP contribution in [-0.2, 0) is 6.42 Å². The van der Waals surface area contributed by atoms with Gasteiger partial charge >= 0.3 is 0 Å². The number of thiophene rings is 1. The van der Waals surface area contributed by atoms with E-state index in [9.17, 15) is 4.79 Å². The van der Waals surface area contributed by atoms with E-state index in [0.29, 0.717) is 10.6 Å². The fraction of sp³-hybridized carbons (Fsp3) is 0.118. The number of anilines is 2. The minimum Gasteiger partial charge on any atom is -0.397 e. The number of nitrogen functional groups attached to an aromatic ring is 1. The summed E-state index contributed by atoms with van der Waals surface area (Å²) in [6, 6.07) is 15.7. The Morgan fingerprint density at radius 1 is 1.19 bits per heavy atom. The fourth-order valence-corrected chi connectivity index (χ4v) is 3.31. The highest BCUT2D eigenvalue weighted by molar-refractivity contribution is 7.21. The normalized spacial score (nSPS) is 10.7. The highest BCUT2D eigenvalue weighted by Crippen LogP contribution is 2.33. The van der Waals surface area contributed by atoms with Crippen molar-refractivity contribution in [3.63, 3.8) is 0 Å². The quantitative estimate of drug-likeness (QED) is 0.757. The lowest BCUT2D eigenvalue weighted by Gasteiger charge is -2.06. The molecule has 0 saturated heterocycles. The number of amides is 1. The monoisotopic (exact) mass is 296 g/mol. The van der Waals surface area contributed by atoms with Crippen LogP contribution in [0.15, 0.2) is 48.5 Å². The average molecular weight is 296 g/mol. The minimum absolute atomic E-state index is 0.151. The average Bonchev–Trinajstić information content (AvgIpc) is 2.85. The molecule has 1 amide bonds. The zero-order chi connectivity index (χ0) is 14.8. The van der Waals surface area contributed by atoms with E-state index >= 15 is 0 Å². The van der Waals surface area contributed by atoms with Gasteiger partial charge in [0.05, 0.1) is 5.69 Å². The molecule has 0 bridgehead atoms. The predicted molar refractivity (Wildman–Crippen MR) is 90.0 cm³/mol. The molecule has 0 fully saturated rings. The molecule has 3 N–H and O–H groups in total. The van der Waals surface area contributed by atoms with Gasteiger partial charge in [0.25, 0.3) is 5.91 Å². The van der Waals surface area contributed by atoms with E-state index in [0.717, 1.165) is 22.2 Å². The molecule has 1 aromatic heterocycles. The lowest BCUT2D eigenvalue weighted by Crippen LogP contribution is -2.12. The van der Waals surface area contributed by atoms with Crippen LogP contribution in [0, 0.1) is 0 Å². The first-order valence-electron chi connectivity index (χ1n) is 6.86. The fourth-order valence-electron chi connectivity index (χ4n) is 2.29. The van der Waals surface area contributed by atoms with Gasteiger partial charge in [-0.3, -0.25) is 4.79 Å². The standard InChI is InChI=1S/C17H16N2OS/c1-2-11-6-5-7-12(10-11)19-17(20)16-15(18)13-8-3-4-9-14(13)21-16/h3-10H,2,18H2,1H3,(H,19,20). The summed E-state index contributed by atoms with van der Waals surface area (Å²) in [6.45, 7) is 2.09. The summed E-state index contributed by atoms with van der Waals surface area (Å²) in [7, 11) is 0. The third kappa shape index (κ3) is 2.62. The smallest absolute Gasteiger partial charge is 0.267 e. The van der Waals surface area contributed by atoms with Crippen molar-refractivity contribution in [1.82, 2.24) is 0 Å². The Bertz CT molecular complexity index is 807. The highest BCUT2D eigenvalue weighted by Gasteiger charge is 2.16. The Morgan fingerprint density at radius 2 is 2.00 bits per heavy atom. The number of aryl methyl sites for hydroxylation is 1. The lowest BCUT2D eigenvalue weighted by molar-refractivity contribution is 0.103. The van der Waals surface area contributed by atoms with E-state index in [-0.39, 0.29) is 5.91 Å². The number of nitrogens with two attached hydrogens (primary N) is 1. The van der Waals surface area contributed by atoms with Crippen LogP contribution in [0.2, 0.25) is 0 Å². The first-order valence-corrected chi connectivity index (χ1v) is 7.68. The van der Waals surface area contributed by atoms with Crippen molar-refractivity contribution in [2.75, 3.05) is 11.1 Å². The van der Waals surface area contributed by atoms with E-state index in [4.69, 9.17) is 5.73 Å². The van der Waals surface area contributed by atoms with Gasteiger partial charge in [-0.1, -0.05) is 37.3 Å². The van der Waals surface area contributed by atoms with Crippen molar-refractivity contribution in [2.45, 2.75) is 13.3 Å². The zero-order valence-corrected chi connectivity index (χ0v) is 12.5. The van der Waals surface area contributed by atoms with Crippen LogP contribution < -0.4 is 11.1 Å².